The van der Waals surface area contributed by atoms with Crippen molar-refractivity contribution >= 4 is 34.7 Å². The molecule has 3 aromatic rings. The van der Waals surface area contributed by atoms with Gasteiger partial charge in [0.15, 0.2) is 11.5 Å². The molecule has 1 heterocycles. The third kappa shape index (κ3) is 5.26. The number of carbonyl (C=O) groups excluding carboxylic acids is 2. The lowest BCUT2D eigenvalue weighted by atomic mass is 10.1. The fourth-order valence-electron chi connectivity index (χ4n) is 3.37. The number of non-ortho nitro benzene ring substituents is 1. The second kappa shape index (κ2) is 10.2. The number of nitro groups is 1. The Bertz CT molecular complexity index is 1280. The first-order valence-electron chi connectivity index (χ1n) is 10.3. The van der Waals surface area contributed by atoms with Crippen molar-refractivity contribution in [2.75, 3.05) is 7.11 Å². The zero-order valence-corrected chi connectivity index (χ0v) is 19.0. The van der Waals surface area contributed by atoms with Gasteiger partial charge in [0.1, 0.15) is 6.61 Å². The van der Waals surface area contributed by atoms with Gasteiger partial charge in [0, 0.05) is 12.1 Å². The number of carbonyl (C=O) groups is 2. The summed E-state index contributed by atoms with van der Waals surface area (Å²) < 4.78 is 11.3. The SMILES string of the molecule is COc1cc(/C=C2\SC(=O)N(Cc3cccc([N+](=O)[O-])c3)C2=O)ccc1OCc1ccccc1. The van der Waals surface area contributed by atoms with Crippen LogP contribution in [0.15, 0.2) is 77.7 Å². The van der Waals surface area contributed by atoms with Crippen molar-refractivity contribution < 1.29 is 24.0 Å². The normalized spacial score (nSPS) is 14.5. The van der Waals surface area contributed by atoms with E-state index in [1.807, 2.05) is 30.3 Å². The van der Waals surface area contributed by atoms with Crippen molar-refractivity contribution in [1.29, 1.82) is 0 Å². The summed E-state index contributed by atoms with van der Waals surface area (Å²) in [4.78, 5) is 37.1. The molecule has 1 aliphatic heterocycles. The van der Waals surface area contributed by atoms with E-state index in [1.54, 1.807) is 30.3 Å². The van der Waals surface area contributed by atoms with Gasteiger partial charge in [-0.2, -0.15) is 0 Å². The fourth-order valence-corrected chi connectivity index (χ4v) is 4.21. The van der Waals surface area contributed by atoms with E-state index >= 15 is 0 Å². The monoisotopic (exact) mass is 476 g/mol. The number of methoxy groups -OCH3 is 1. The first-order valence-corrected chi connectivity index (χ1v) is 11.1. The van der Waals surface area contributed by atoms with Crippen molar-refractivity contribution in [3.8, 4) is 11.5 Å². The van der Waals surface area contributed by atoms with E-state index in [2.05, 4.69) is 0 Å². The summed E-state index contributed by atoms with van der Waals surface area (Å²) in [6, 6.07) is 20.9. The number of hydrogen-bond acceptors (Lipinski definition) is 7. The van der Waals surface area contributed by atoms with Gasteiger partial charge in [-0.25, -0.2) is 0 Å². The lowest BCUT2D eigenvalue weighted by molar-refractivity contribution is -0.384. The molecule has 1 saturated heterocycles. The maximum Gasteiger partial charge on any atom is 0.293 e. The Morgan fingerprint density at radius 3 is 2.47 bits per heavy atom. The third-order valence-corrected chi connectivity index (χ3v) is 5.97. The van der Waals surface area contributed by atoms with E-state index in [9.17, 15) is 19.7 Å². The fraction of sp³-hybridized carbons (Fsp3) is 0.120. The summed E-state index contributed by atoms with van der Waals surface area (Å²) in [6.07, 6.45) is 1.61. The first-order chi connectivity index (χ1) is 16.4. The molecule has 8 nitrogen and oxygen atoms in total. The Hall–Kier alpha value is -4.11. The van der Waals surface area contributed by atoms with Crippen LogP contribution in [0, 0.1) is 10.1 Å². The number of ether oxygens (including phenoxy) is 2. The van der Waals surface area contributed by atoms with E-state index < -0.39 is 16.1 Å². The predicted molar refractivity (Wildman–Crippen MR) is 128 cm³/mol. The van der Waals surface area contributed by atoms with E-state index in [1.165, 1.54) is 25.3 Å². The van der Waals surface area contributed by atoms with Gasteiger partial charge in [-0.1, -0.05) is 48.5 Å². The Kier molecular flexibility index (Phi) is 6.93. The van der Waals surface area contributed by atoms with E-state index in [0.717, 1.165) is 22.2 Å². The van der Waals surface area contributed by atoms with E-state index in [-0.39, 0.29) is 17.1 Å². The lowest BCUT2D eigenvalue weighted by Gasteiger charge is -2.12. The number of imide groups is 1. The molecule has 0 N–H and O–H groups in total. The van der Waals surface area contributed by atoms with Crippen LogP contribution in [0.5, 0.6) is 11.5 Å². The number of hydrogen-bond donors (Lipinski definition) is 0. The zero-order valence-electron chi connectivity index (χ0n) is 18.2. The van der Waals surface area contributed by atoms with Crippen LogP contribution in [0.4, 0.5) is 10.5 Å². The Labute approximate surface area is 199 Å². The second-order valence-corrected chi connectivity index (χ2v) is 8.37. The average molecular weight is 477 g/mol. The largest absolute Gasteiger partial charge is 0.493 e. The number of rotatable bonds is 8. The molecule has 0 unspecified atom stereocenters. The Morgan fingerprint density at radius 1 is 0.971 bits per heavy atom. The van der Waals surface area contributed by atoms with Gasteiger partial charge in [-0.15, -0.1) is 0 Å². The molecule has 2 amide bonds. The van der Waals surface area contributed by atoms with Crippen LogP contribution in [0.1, 0.15) is 16.7 Å². The number of nitrogens with zero attached hydrogens (tertiary/aromatic N) is 2. The molecule has 1 aliphatic rings. The molecule has 1 fully saturated rings. The number of amides is 2. The minimum Gasteiger partial charge on any atom is -0.493 e. The van der Waals surface area contributed by atoms with Gasteiger partial charge >= 0.3 is 0 Å². The van der Waals surface area contributed by atoms with Crippen LogP contribution in [0.3, 0.4) is 0 Å². The summed E-state index contributed by atoms with van der Waals surface area (Å²) in [5, 5.41) is 10.6. The highest BCUT2D eigenvalue weighted by atomic mass is 32.2. The molecule has 172 valence electrons. The van der Waals surface area contributed by atoms with Gasteiger partial charge in [0.25, 0.3) is 16.8 Å². The zero-order chi connectivity index (χ0) is 24.1. The van der Waals surface area contributed by atoms with Gasteiger partial charge in [-0.05, 0) is 46.7 Å². The maximum atomic E-state index is 12.9. The summed E-state index contributed by atoms with van der Waals surface area (Å²) in [6.45, 7) is 0.340. The Balaban J connectivity index is 1.49. The lowest BCUT2D eigenvalue weighted by Crippen LogP contribution is -2.27. The highest BCUT2D eigenvalue weighted by Crippen LogP contribution is 2.35. The van der Waals surface area contributed by atoms with Crippen molar-refractivity contribution in [2.45, 2.75) is 13.2 Å². The highest BCUT2D eigenvalue weighted by Gasteiger charge is 2.35. The molecule has 0 atom stereocenters. The molecule has 9 heteroatoms. The first kappa shape index (κ1) is 23.1. The molecule has 0 aromatic heterocycles. The molecule has 34 heavy (non-hydrogen) atoms. The van der Waals surface area contributed by atoms with Gasteiger partial charge in [-0.3, -0.25) is 24.6 Å². The highest BCUT2D eigenvalue weighted by molar-refractivity contribution is 8.18. The van der Waals surface area contributed by atoms with Crippen molar-refractivity contribution in [3.63, 3.8) is 0 Å². The van der Waals surface area contributed by atoms with E-state index in [4.69, 9.17) is 9.47 Å². The summed E-state index contributed by atoms with van der Waals surface area (Å²) in [5.41, 5.74) is 2.09. The van der Waals surface area contributed by atoms with E-state index in [0.29, 0.717) is 29.2 Å². The van der Waals surface area contributed by atoms with Gasteiger partial charge < -0.3 is 9.47 Å². The van der Waals surface area contributed by atoms with Crippen LogP contribution in [0.2, 0.25) is 0 Å². The minimum atomic E-state index is -0.516. The second-order valence-electron chi connectivity index (χ2n) is 7.38. The number of thioether (sulfide) groups is 1. The van der Waals surface area contributed by atoms with Crippen molar-refractivity contribution in [1.82, 2.24) is 4.90 Å². The number of benzene rings is 3. The summed E-state index contributed by atoms with van der Waals surface area (Å²) >= 11 is 0.824. The molecule has 0 radical (unpaired) electrons. The van der Waals surface area contributed by atoms with Crippen LogP contribution in [-0.4, -0.2) is 28.1 Å². The van der Waals surface area contributed by atoms with Crippen LogP contribution < -0.4 is 9.47 Å². The van der Waals surface area contributed by atoms with Crippen molar-refractivity contribution in [3.05, 3.63) is 105 Å². The topological polar surface area (TPSA) is 99.0 Å². The molecule has 4 rings (SSSR count). The standard InChI is InChI=1S/C25H20N2O6S/c1-32-22-13-18(10-11-21(22)33-16-17-6-3-2-4-7-17)14-23-24(28)26(25(29)34-23)15-19-8-5-9-20(12-19)27(30)31/h2-14H,15-16H2,1H3/b23-14-. The molecular formula is C25H20N2O6S. The summed E-state index contributed by atoms with van der Waals surface area (Å²) in [7, 11) is 1.53. The van der Waals surface area contributed by atoms with Gasteiger partial charge in [0.2, 0.25) is 0 Å². The third-order valence-electron chi connectivity index (χ3n) is 5.06. The number of nitro benzene ring substituents is 1. The van der Waals surface area contributed by atoms with Crippen molar-refractivity contribution in [2.24, 2.45) is 0 Å². The maximum absolute atomic E-state index is 12.9. The van der Waals surface area contributed by atoms with Gasteiger partial charge in [0.05, 0.1) is 23.5 Å². The summed E-state index contributed by atoms with van der Waals surface area (Å²) in [5.74, 6) is 0.604. The molecule has 3 aromatic carbocycles. The molecule has 0 spiro atoms. The predicted octanol–water partition coefficient (Wildman–Crippen LogP) is 5.42. The van der Waals surface area contributed by atoms with Crippen LogP contribution >= 0.6 is 11.8 Å². The smallest absolute Gasteiger partial charge is 0.293 e. The average Bonchev–Trinajstić information content (AvgIpc) is 3.11. The molecular weight excluding hydrogens is 456 g/mol. The van der Waals surface area contributed by atoms with Crippen LogP contribution in [-0.2, 0) is 17.9 Å². The van der Waals surface area contributed by atoms with Crippen LogP contribution in [0.25, 0.3) is 6.08 Å². The Morgan fingerprint density at radius 2 is 1.74 bits per heavy atom. The quantitative estimate of drug-likeness (QED) is 0.243. The molecule has 0 saturated carbocycles. The minimum absolute atomic E-state index is 0.0424. The molecule has 0 bridgehead atoms. The molecule has 0 aliphatic carbocycles.